The Kier molecular flexibility index (Phi) is 0.604. The summed E-state index contributed by atoms with van der Waals surface area (Å²) in [5.74, 6) is 0. The molecule has 0 fully saturated rings. The van der Waals surface area contributed by atoms with E-state index in [0.717, 1.165) is 4.68 Å². The zero-order chi connectivity index (χ0) is 6.91. The Labute approximate surface area is 44.8 Å². The number of aryl methyl sites for hydroxylation is 1. The van der Waals surface area contributed by atoms with Gasteiger partial charge < -0.3 is 0 Å². The summed E-state index contributed by atoms with van der Waals surface area (Å²) in [4.78, 5) is 3.60. The summed E-state index contributed by atoms with van der Waals surface area (Å²) < 4.78 is 15.4. The lowest BCUT2D eigenvalue weighted by atomic mass is 10.8. The molecule has 0 aromatic carbocycles. The molecule has 1 aromatic heterocycles. The van der Waals surface area contributed by atoms with Crippen LogP contribution in [0.3, 0.4) is 0 Å². The Morgan fingerprint density at radius 2 is 2.86 bits per heavy atom. The van der Waals surface area contributed by atoms with E-state index >= 15 is 0 Å². The maximum atomic E-state index is 7.12. The molecule has 0 unspecified atom stereocenters. The van der Waals surface area contributed by atoms with Gasteiger partial charge in [-0.15, -0.1) is 0 Å². The van der Waals surface area contributed by atoms with Crippen LogP contribution in [0.5, 0.6) is 0 Å². The number of nitrogens with zero attached hydrogens (tertiary/aromatic N) is 3. The lowest BCUT2D eigenvalue weighted by molar-refractivity contribution is 0.658. The van der Waals surface area contributed by atoms with E-state index in [0.29, 0.717) is 0 Å². The minimum atomic E-state index is -1.43. The highest BCUT2D eigenvalue weighted by Gasteiger charge is 1.78. The predicted molar refractivity (Wildman–Crippen MR) is 25.7 cm³/mol. The number of rotatable bonds is 1. The highest BCUT2D eigenvalue weighted by molar-refractivity contribution is 4.52. The van der Waals surface area contributed by atoms with Crippen molar-refractivity contribution in [2.24, 2.45) is 0 Å². The first-order valence-corrected chi connectivity index (χ1v) is 1.96. The molecule has 0 aliphatic carbocycles. The van der Waals surface area contributed by atoms with Gasteiger partial charge in [-0.25, -0.2) is 4.98 Å². The van der Waals surface area contributed by atoms with Crippen molar-refractivity contribution in [2.75, 3.05) is 0 Å². The Hall–Kier alpha value is -0.860. The van der Waals surface area contributed by atoms with Crippen LogP contribution >= 0.6 is 0 Å². The molecule has 0 amide bonds. The Bertz CT molecular complexity index is 176. The van der Waals surface area contributed by atoms with Crippen molar-refractivity contribution >= 4 is 0 Å². The topological polar surface area (TPSA) is 30.7 Å². The second kappa shape index (κ2) is 1.73. The van der Waals surface area contributed by atoms with Gasteiger partial charge in [-0.3, -0.25) is 4.68 Å². The molecule has 1 aromatic rings. The van der Waals surface area contributed by atoms with Crippen molar-refractivity contribution in [1.82, 2.24) is 14.8 Å². The molecule has 38 valence electrons. The minimum absolute atomic E-state index is 1.16. The van der Waals surface area contributed by atoms with E-state index < -0.39 is 6.50 Å². The van der Waals surface area contributed by atoms with Gasteiger partial charge >= 0.3 is 0 Å². The molecule has 0 spiro atoms. The standard InChI is InChI=1S/C4H7N3/c1-2-7-4-5-3-6-7/h3-4H,2H2,1H3/i2D2. The van der Waals surface area contributed by atoms with Crippen LogP contribution in [0.1, 0.15) is 9.67 Å². The van der Waals surface area contributed by atoms with Crippen LogP contribution in [0.4, 0.5) is 0 Å². The average molecular weight is 99.1 g/mol. The van der Waals surface area contributed by atoms with Gasteiger partial charge in [0.1, 0.15) is 12.7 Å². The summed E-state index contributed by atoms with van der Waals surface area (Å²) in [5, 5.41) is 3.62. The van der Waals surface area contributed by atoms with Crippen LogP contribution < -0.4 is 0 Å². The third-order valence-corrected chi connectivity index (χ3v) is 0.648. The second-order valence-electron chi connectivity index (χ2n) is 1.06. The van der Waals surface area contributed by atoms with Crippen LogP contribution in [0, 0.1) is 0 Å². The average Bonchev–Trinajstić information content (AvgIpc) is 2.08. The van der Waals surface area contributed by atoms with Gasteiger partial charge in [-0.1, -0.05) is 0 Å². The lowest BCUT2D eigenvalue weighted by Crippen LogP contribution is -1.91. The third-order valence-electron chi connectivity index (χ3n) is 0.648. The first-order valence-electron chi connectivity index (χ1n) is 2.96. The zero-order valence-electron chi connectivity index (χ0n) is 6.00. The molecule has 1 heterocycles. The summed E-state index contributed by atoms with van der Waals surface area (Å²) in [7, 11) is 0. The SMILES string of the molecule is [2H]C([2H])(C)n1cncn1. The number of hydrogen-bond acceptors (Lipinski definition) is 2. The highest BCUT2D eigenvalue weighted by Crippen LogP contribution is 1.74. The van der Waals surface area contributed by atoms with Gasteiger partial charge in [0.25, 0.3) is 0 Å². The fourth-order valence-electron chi connectivity index (χ4n) is 0.324. The second-order valence-corrected chi connectivity index (χ2v) is 1.06. The van der Waals surface area contributed by atoms with Crippen molar-refractivity contribution < 1.29 is 2.74 Å². The van der Waals surface area contributed by atoms with Gasteiger partial charge in [0.15, 0.2) is 0 Å². The van der Waals surface area contributed by atoms with Gasteiger partial charge in [0, 0.05) is 6.50 Å². The number of hydrogen-bond donors (Lipinski definition) is 0. The molecular weight excluding hydrogens is 90.1 g/mol. The first-order chi connectivity index (χ1) is 4.11. The van der Waals surface area contributed by atoms with E-state index in [9.17, 15) is 0 Å². The Morgan fingerprint density at radius 1 is 2.00 bits per heavy atom. The predicted octanol–water partition coefficient (Wildman–Crippen LogP) is 0.298. The van der Waals surface area contributed by atoms with E-state index in [1.54, 1.807) is 0 Å². The minimum Gasteiger partial charge on any atom is -0.253 e. The van der Waals surface area contributed by atoms with Crippen molar-refractivity contribution in [3.05, 3.63) is 12.7 Å². The van der Waals surface area contributed by atoms with Crippen LogP contribution in [0.15, 0.2) is 12.7 Å². The molecule has 0 N–H and O–H groups in total. The molecule has 0 aliphatic rings. The fraction of sp³-hybridized carbons (Fsp3) is 0.500. The maximum absolute atomic E-state index is 7.12. The van der Waals surface area contributed by atoms with Crippen LogP contribution in [0.25, 0.3) is 0 Å². The van der Waals surface area contributed by atoms with Crippen LogP contribution in [-0.4, -0.2) is 14.8 Å². The molecule has 1 rings (SSSR count). The van der Waals surface area contributed by atoms with Crippen molar-refractivity contribution in [3.8, 4) is 0 Å². The van der Waals surface area contributed by atoms with Crippen LogP contribution in [-0.2, 0) is 6.50 Å². The maximum Gasteiger partial charge on any atom is 0.137 e. The van der Waals surface area contributed by atoms with Gasteiger partial charge in [0.05, 0.1) is 2.74 Å². The summed E-state index contributed by atoms with van der Waals surface area (Å²) in [6.07, 6.45) is 2.65. The van der Waals surface area contributed by atoms with Crippen molar-refractivity contribution in [2.45, 2.75) is 13.4 Å². The molecule has 3 heteroatoms. The Morgan fingerprint density at radius 3 is 3.14 bits per heavy atom. The Balaban J connectivity index is 2.90. The van der Waals surface area contributed by atoms with Gasteiger partial charge in [0.2, 0.25) is 0 Å². The largest absolute Gasteiger partial charge is 0.253 e. The monoisotopic (exact) mass is 99.1 g/mol. The zero-order valence-corrected chi connectivity index (χ0v) is 4.00. The summed E-state index contributed by atoms with van der Waals surface area (Å²) in [5.41, 5.74) is 0. The third kappa shape index (κ3) is 0.765. The van der Waals surface area contributed by atoms with E-state index in [1.807, 2.05) is 0 Å². The van der Waals surface area contributed by atoms with Crippen molar-refractivity contribution in [1.29, 1.82) is 0 Å². The molecular formula is C4H7N3. The van der Waals surface area contributed by atoms with E-state index in [4.69, 9.17) is 2.74 Å². The van der Waals surface area contributed by atoms with Gasteiger partial charge in [-0.05, 0) is 6.92 Å². The molecule has 0 saturated heterocycles. The molecule has 0 atom stereocenters. The van der Waals surface area contributed by atoms with Gasteiger partial charge in [-0.2, -0.15) is 5.10 Å². The smallest absolute Gasteiger partial charge is 0.137 e. The van der Waals surface area contributed by atoms with Crippen molar-refractivity contribution in [3.63, 3.8) is 0 Å². The summed E-state index contributed by atoms with van der Waals surface area (Å²) in [6.45, 7) is -0.0157. The summed E-state index contributed by atoms with van der Waals surface area (Å²) >= 11 is 0. The van der Waals surface area contributed by atoms with E-state index in [2.05, 4.69) is 10.1 Å². The van der Waals surface area contributed by atoms with E-state index in [-0.39, 0.29) is 0 Å². The van der Waals surface area contributed by atoms with E-state index in [1.165, 1.54) is 19.6 Å². The molecule has 0 saturated carbocycles. The highest BCUT2D eigenvalue weighted by atomic mass is 15.3. The lowest BCUT2D eigenvalue weighted by Gasteiger charge is -1.85. The molecule has 0 bridgehead atoms. The molecule has 3 nitrogen and oxygen atoms in total. The number of aromatic nitrogens is 3. The normalized spacial score (nSPS) is 15.6. The summed E-state index contributed by atoms with van der Waals surface area (Å²) in [6, 6.07) is 0. The quantitative estimate of drug-likeness (QED) is 0.507. The molecule has 0 aliphatic heterocycles. The molecule has 0 radical (unpaired) electrons. The fourth-order valence-corrected chi connectivity index (χ4v) is 0.324. The molecule has 7 heavy (non-hydrogen) atoms. The first kappa shape index (κ1) is 2.45. The van der Waals surface area contributed by atoms with Crippen LogP contribution in [0.2, 0.25) is 0 Å².